The van der Waals surface area contributed by atoms with Crippen molar-refractivity contribution in [2.75, 3.05) is 0 Å². The van der Waals surface area contributed by atoms with E-state index in [4.69, 9.17) is 4.74 Å². The topological polar surface area (TPSA) is 42.4 Å². The third kappa shape index (κ3) is 2.68. The van der Waals surface area contributed by atoms with Crippen LogP contribution in [0.15, 0.2) is 36.5 Å². The lowest BCUT2D eigenvalue weighted by Gasteiger charge is -2.11. The number of hydrogen-bond acceptors (Lipinski definition) is 3. The van der Waals surface area contributed by atoms with Crippen molar-refractivity contribution in [1.82, 2.24) is 4.98 Å². The van der Waals surface area contributed by atoms with E-state index in [9.17, 15) is 5.11 Å². The van der Waals surface area contributed by atoms with Crippen LogP contribution in [0.3, 0.4) is 0 Å². The Labute approximate surface area is 107 Å². The number of aromatic nitrogens is 1. The van der Waals surface area contributed by atoms with E-state index in [1.807, 2.05) is 25.1 Å². The Balaban J connectivity index is 2.21. The smallest absolute Gasteiger partial charge is 0.145 e. The standard InChI is InChI=1S/C15H17NO2/c1-10-5-4-6-15(11(10)2)18-13-7-8-14(12(3)17)16-9-13/h4-9,12,17H,1-3H3/t12-/m0/s1. The molecule has 3 nitrogen and oxygen atoms in total. The average molecular weight is 243 g/mol. The molecular weight excluding hydrogens is 226 g/mol. The number of nitrogens with zero attached hydrogens (tertiary/aromatic N) is 1. The van der Waals surface area contributed by atoms with E-state index in [-0.39, 0.29) is 0 Å². The van der Waals surface area contributed by atoms with Crippen molar-refractivity contribution < 1.29 is 9.84 Å². The van der Waals surface area contributed by atoms with Gasteiger partial charge in [-0.15, -0.1) is 0 Å². The quantitative estimate of drug-likeness (QED) is 0.896. The number of rotatable bonds is 3. The summed E-state index contributed by atoms with van der Waals surface area (Å²) < 4.78 is 5.78. The van der Waals surface area contributed by atoms with Crippen LogP contribution in [0.5, 0.6) is 11.5 Å². The Morgan fingerprint density at radius 1 is 1.17 bits per heavy atom. The summed E-state index contributed by atoms with van der Waals surface area (Å²) in [7, 11) is 0. The van der Waals surface area contributed by atoms with Crippen molar-refractivity contribution >= 4 is 0 Å². The molecule has 1 heterocycles. The van der Waals surface area contributed by atoms with E-state index >= 15 is 0 Å². The third-order valence-corrected chi connectivity index (χ3v) is 2.97. The van der Waals surface area contributed by atoms with Crippen LogP contribution in [0.1, 0.15) is 29.8 Å². The minimum atomic E-state index is -0.556. The van der Waals surface area contributed by atoms with Crippen LogP contribution in [-0.4, -0.2) is 10.1 Å². The van der Waals surface area contributed by atoms with Crippen LogP contribution < -0.4 is 4.74 Å². The summed E-state index contributed by atoms with van der Waals surface area (Å²) in [6.07, 6.45) is 1.07. The Kier molecular flexibility index (Phi) is 3.63. The molecular formula is C15H17NO2. The average Bonchev–Trinajstić information content (AvgIpc) is 2.36. The van der Waals surface area contributed by atoms with Crippen molar-refractivity contribution in [3.8, 4) is 11.5 Å². The van der Waals surface area contributed by atoms with Crippen molar-refractivity contribution in [1.29, 1.82) is 0 Å². The fourth-order valence-electron chi connectivity index (χ4n) is 1.66. The predicted molar refractivity (Wildman–Crippen MR) is 70.9 cm³/mol. The number of ether oxygens (including phenoxy) is 1. The van der Waals surface area contributed by atoms with Crippen LogP contribution >= 0.6 is 0 Å². The molecule has 0 radical (unpaired) electrons. The summed E-state index contributed by atoms with van der Waals surface area (Å²) in [5.74, 6) is 1.51. The maximum Gasteiger partial charge on any atom is 0.145 e. The van der Waals surface area contributed by atoms with Crippen LogP contribution in [0.25, 0.3) is 0 Å². The van der Waals surface area contributed by atoms with E-state index in [1.165, 1.54) is 5.56 Å². The largest absolute Gasteiger partial charge is 0.455 e. The van der Waals surface area contributed by atoms with Gasteiger partial charge in [0.2, 0.25) is 0 Å². The molecule has 3 heteroatoms. The highest BCUT2D eigenvalue weighted by Crippen LogP contribution is 2.26. The van der Waals surface area contributed by atoms with Crippen LogP contribution in [0.2, 0.25) is 0 Å². The zero-order valence-electron chi connectivity index (χ0n) is 10.8. The molecule has 1 aromatic heterocycles. The van der Waals surface area contributed by atoms with E-state index in [1.54, 1.807) is 19.2 Å². The maximum absolute atomic E-state index is 9.38. The molecule has 0 aliphatic carbocycles. The lowest BCUT2D eigenvalue weighted by atomic mass is 10.1. The SMILES string of the molecule is Cc1cccc(Oc2ccc([C@H](C)O)nc2)c1C. The Hall–Kier alpha value is -1.87. The zero-order valence-corrected chi connectivity index (χ0v) is 10.8. The van der Waals surface area contributed by atoms with Crippen LogP contribution in [0.4, 0.5) is 0 Å². The lowest BCUT2D eigenvalue weighted by Crippen LogP contribution is -1.96. The van der Waals surface area contributed by atoms with E-state index in [2.05, 4.69) is 18.0 Å². The van der Waals surface area contributed by atoms with Gasteiger partial charge < -0.3 is 9.84 Å². The molecule has 0 saturated heterocycles. The molecule has 94 valence electrons. The minimum Gasteiger partial charge on any atom is -0.455 e. The van der Waals surface area contributed by atoms with E-state index in [0.717, 1.165) is 11.3 Å². The first kappa shape index (κ1) is 12.6. The van der Waals surface area contributed by atoms with Crippen molar-refractivity contribution in [3.63, 3.8) is 0 Å². The van der Waals surface area contributed by atoms with Gasteiger partial charge in [0.05, 0.1) is 18.0 Å². The van der Waals surface area contributed by atoms with Crippen LogP contribution in [0, 0.1) is 13.8 Å². The number of benzene rings is 1. The van der Waals surface area contributed by atoms with Crippen LogP contribution in [-0.2, 0) is 0 Å². The molecule has 1 atom stereocenters. The van der Waals surface area contributed by atoms with Gasteiger partial charge >= 0.3 is 0 Å². The minimum absolute atomic E-state index is 0.556. The highest BCUT2D eigenvalue weighted by atomic mass is 16.5. The first-order valence-electron chi connectivity index (χ1n) is 5.96. The van der Waals surface area contributed by atoms with Gasteiger partial charge in [-0.2, -0.15) is 0 Å². The highest BCUT2D eigenvalue weighted by Gasteiger charge is 2.05. The summed E-state index contributed by atoms with van der Waals surface area (Å²) in [5, 5.41) is 9.38. The molecule has 0 amide bonds. The van der Waals surface area contributed by atoms with Gasteiger partial charge in [0.1, 0.15) is 11.5 Å². The first-order chi connectivity index (χ1) is 8.58. The van der Waals surface area contributed by atoms with Gasteiger partial charge in [0.15, 0.2) is 0 Å². The lowest BCUT2D eigenvalue weighted by molar-refractivity contribution is 0.194. The summed E-state index contributed by atoms with van der Waals surface area (Å²) >= 11 is 0. The Bertz CT molecular complexity index is 533. The monoisotopic (exact) mass is 243 g/mol. The normalized spacial score (nSPS) is 12.2. The summed E-state index contributed by atoms with van der Waals surface area (Å²) in [4.78, 5) is 4.15. The first-order valence-corrected chi connectivity index (χ1v) is 5.96. The molecule has 2 rings (SSSR count). The summed E-state index contributed by atoms with van der Waals surface area (Å²) in [5.41, 5.74) is 2.96. The molecule has 0 saturated carbocycles. The second-order valence-electron chi connectivity index (χ2n) is 4.39. The van der Waals surface area contributed by atoms with Gasteiger partial charge in [-0.1, -0.05) is 12.1 Å². The molecule has 0 bridgehead atoms. The summed E-state index contributed by atoms with van der Waals surface area (Å²) in [6.45, 7) is 5.77. The van der Waals surface area contributed by atoms with Gasteiger partial charge in [-0.25, -0.2) is 0 Å². The molecule has 0 spiro atoms. The fourth-order valence-corrected chi connectivity index (χ4v) is 1.66. The molecule has 0 unspecified atom stereocenters. The van der Waals surface area contributed by atoms with Gasteiger partial charge in [0.25, 0.3) is 0 Å². The van der Waals surface area contributed by atoms with E-state index < -0.39 is 6.10 Å². The van der Waals surface area contributed by atoms with Crippen molar-refractivity contribution in [2.24, 2.45) is 0 Å². The second-order valence-corrected chi connectivity index (χ2v) is 4.39. The number of pyridine rings is 1. The number of hydrogen-bond donors (Lipinski definition) is 1. The van der Waals surface area contributed by atoms with Crippen molar-refractivity contribution in [2.45, 2.75) is 26.9 Å². The van der Waals surface area contributed by atoms with Crippen molar-refractivity contribution in [3.05, 3.63) is 53.3 Å². The number of aryl methyl sites for hydroxylation is 1. The van der Waals surface area contributed by atoms with Gasteiger partial charge in [-0.3, -0.25) is 4.98 Å². The number of aliphatic hydroxyl groups excluding tert-OH is 1. The highest BCUT2D eigenvalue weighted by molar-refractivity contribution is 5.41. The maximum atomic E-state index is 9.38. The molecule has 2 aromatic rings. The molecule has 0 fully saturated rings. The summed E-state index contributed by atoms with van der Waals surface area (Å²) in [6, 6.07) is 9.54. The zero-order chi connectivity index (χ0) is 13.1. The molecule has 1 N–H and O–H groups in total. The predicted octanol–water partition coefficient (Wildman–Crippen LogP) is 3.54. The van der Waals surface area contributed by atoms with Gasteiger partial charge in [0, 0.05) is 0 Å². The Morgan fingerprint density at radius 3 is 2.56 bits per heavy atom. The Morgan fingerprint density at radius 2 is 1.94 bits per heavy atom. The third-order valence-electron chi connectivity index (χ3n) is 2.97. The fraction of sp³-hybridized carbons (Fsp3) is 0.267. The number of aliphatic hydroxyl groups is 1. The second kappa shape index (κ2) is 5.19. The molecule has 0 aliphatic rings. The van der Waals surface area contributed by atoms with Gasteiger partial charge in [-0.05, 0) is 50.1 Å². The molecule has 0 aliphatic heterocycles. The molecule has 1 aromatic carbocycles. The van der Waals surface area contributed by atoms with E-state index in [0.29, 0.717) is 11.4 Å². The molecule has 18 heavy (non-hydrogen) atoms.